The number of hydrogen-bond acceptors (Lipinski definition) is 3. The Balaban J connectivity index is 3.10. The molecule has 94 valence electrons. The molecule has 0 fully saturated rings. The number of nitrogens with zero attached hydrogens (tertiary/aromatic N) is 1. The Hall–Kier alpha value is -1.72. The fourth-order valence-electron chi connectivity index (χ4n) is 1.27. The van der Waals surface area contributed by atoms with E-state index >= 15 is 0 Å². The van der Waals surface area contributed by atoms with Crippen molar-refractivity contribution in [2.75, 3.05) is 6.61 Å². The van der Waals surface area contributed by atoms with E-state index in [1.165, 1.54) is 12.1 Å². The van der Waals surface area contributed by atoms with Gasteiger partial charge in [0.1, 0.15) is 5.75 Å². The van der Waals surface area contributed by atoms with Gasteiger partial charge in [-0.3, -0.25) is 0 Å². The van der Waals surface area contributed by atoms with Crippen LogP contribution in [0.15, 0.2) is 23.4 Å². The number of ether oxygens (including phenoxy) is 1. The molecule has 1 rings (SSSR count). The lowest BCUT2D eigenvalue weighted by molar-refractivity contribution is -0.137. The van der Waals surface area contributed by atoms with Gasteiger partial charge in [0, 0.05) is 5.56 Å². The van der Waals surface area contributed by atoms with Crippen molar-refractivity contribution in [3.63, 3.8) is 0 Å². The van der Waals surface area contributed by atoms with Gasteiger partial charge in [0.15, 0.2) is 0 Å². The van der Waals surface area contributed by atoms with Crippen LogP contribution in [0.25, 0.3) is 0 Å². The Morgan fingerprint density at radius 1 is 1.41 bits per heavy atom. The molecule has 0 saturated carbocycles. The van der Waals surface area contributed by atoms with Crippen molar-refractivity contribution in [3.05, 3.63) is 29.3 Å². The maximum Gasteiger partial charge on any atom is 0.417 e. The predicted molar refractivity (Wildman–Crippen MR) is 56.6 cm³/mol. The second kappa shape index (κ2) is 5.56. The van der Waals surface area contributed by atoms with Crippen molar-refractivity contribution >= 4 is 6.21 Å². The normalized spacial score (nSPS) is 12.0. The Labute approximate surface area is 96.5 Å². The zero-order valence-electron chi connectivity index (χ0n) is 9.16. The summed E-state index contributed by atoms with van der Waals surface area (Å²) in [4.78, 5) is 0. The molecule has 6 heteroatoms. The number of halogens is 3. The maximum absolute atomic E-state index is 12.7. The maximum atomic E-state index is 12.7. The Kier molecular flexibility index (Phi) is 4.37. The van der Waals surface area contributed by atoms with Gasteiger partial charge in [0.05, 0.1) is 18.4 Å². The lowest BCUT2D eigenvalue weighted by atomic mass is 10.1. The molecule has 0 spiro atoms. The van der Waals surface area contributed by atoms with Crippen molar-refractivity contribution < 1.29 is 23.1 Å². The minimum atomic E-state index is -4.51. The van der Waals surface area contributed by atoms with Crippen LogP contribution >= 0.6 is 0 Å². The zero-order chi connectivity index (χ0) is 12.9. The number of oxime groups is 1. The van der Waals surface area contributed by atoms with Crippen LogP contribution in [0.4, 0.5) is 13.2 Å². The molecule has 0 radical (unpaired) electrons. The lowest BCUT2D eigenvalue weighted by Crippen LogP contribution is -2.09. The van der Waals surface area contributed by atoms with Gasteiger partial charge in [-0.2, -0.15) is 13.2 Å². The third-order valence-electron chi connectivity index (χ3n) is 2.00. The standard InChI is InChI=1S/C11H12F3NO2/c1-2-5-17-9-4-3-8(7-15-16)10(6-9)11(12,13)14/h3-4,6-7,16H,2,5H2,1H3. The lowest BCUT2D eigenvalue weighted by Gasteiger charge is -2.12. The molecule has 0 unspecified atom stereocenters. The van der Waals surface area contributed by atoms with Gasteiger partial charge in [0.2, 0.25) is 0 Å². The highest BCUT2D eigenvalue weighted by Crippen LogP contribution is 2.33. The summed E-state index contributed by atoms with van der Waals surface area (Å²) in [5, 5.41) is 10.9. The van der Waals surface area contributed by atoms with Crippen LogP contribution in [0.1, 0.15) is 24.5 Å². The summed E-state index contributed by atoms with van der Waals surface area (Å²) in [7, 11) is 0. The molecule has 0 heterocycles. The van der Waals surface area contributed by atoms with Crippen molar-refractivity contribution in [1.82, 2.24) is 0 Å². The predicted octanol–water partition coefficient (Wildman–Crippen LogP) is 3.30. The van der Waals surface area contributed by atoms with E-state index < -0.39 is 11.7 Å². The number of rotatable bonds is 4. The van der Waals surface area contributed by atoms with Gasteiger partial charge >= 0.3 is 6.18 Å². The molecule has 0 aliphatic heterocycles. The number of benzene rings is 1. The van der Waals surface area contributed by atoms with Gasteiger partial charge in [-0.15, -0.1) is 0 Å². The monoisotopic (exact) mass is 247 g/mol. The number of alkyl halides is 3. The zero-order valence-corrected chi connectivity index (χ0v) is 9.16. The van der Waals surface area contributed by atoms with E-state index in [-0.39, 0.29) is 11.3 Å². The van der Waals surface area contributed by atoms with Crippen LogP contribution in [0.2, 0.25) is 0 Å². The molecule has 0 aromatic heterocycles. The SMILES string of the molecule is CCCOc1ccc(C=NO)c(C(F)(F)F)c1. The third kappa shape index (κ3) is 3.65. The Morgan fingerprint density at radius 2 is 2.12 bits per heavy atom. The van der Waals surface area contributed by atoms with Crippen molar-refractivity contribution in [1.29, 1.82) is 0 Å². The van der Waals surface area contributed by atoms with E-state index in [0.717, 1.165) is 12.3 Å². The molecule has 0 bridgehead atoms. The summed E-state index contributed by atoms with van der Waals surface area (Å²) >= 11 is 0. The summed E-state index contributed by atoms with van der Waals surface area (Å²) in [5.41, 5.74) is -1.09. The first-order valence-electron chi connectivity index (χ1n) is 5.00. The molecule has 1 aromatic rings. The quantitative estimate of drug-likeness (QED) is 0.504. The van der Waals surface area contributed by atoms with Gasteiger partial charge in [-0.05, 0) is 24.6 Å². The average molecular weight is 247 g/mol. The fraction of sp³-hybridized carbons (Fsp3) is 0.364. The largest absolute Gasteiger partial charge is 0.494 e. The van der Waals surface area contributed by atoms with Gasteiger partial charge in [-0.25, -0.2) is 0 Å². The molecular weight excluding hydrogens is 235 g/mol. The van der Waals surface area contributed by atoms with Crippen LogP contribution in [0.3, 0.4) is 0 Å². The Morgan fingerprint density at radius 3 is 2.65 bits per heavy atom. The van der Waals surface area contributed by atoms with Crippen molar-refractivity contribution in [2.45, 2.75) is 19.5 Å². The van der Waals surface area contributed by atoms with Crippen molar-refractivity contribution in [3.8, 4) is 5.75 Å². The minimum Gasteiger partial charge on any atom is -0.494 e. The summed E-state index contributed by atoms with van der Waals surface area (Å²) < 4.78 is 43.1. The van der Waals surface area contributed by atoms with Crippen LogP contribution in [0.5, 0.6) is 5.75 Å². The highest BCUT2D eigenvalue weighted by Gasteiger charge is 2.33. The topological polar surface area (TPSA) is 41.8 Å². The third-order valence-corrected chi connectivity index (χ3v) is 2.00. The van der Waals surface area contributed by atoms with Crippen molar-refractivity contribution in [2.24, 2.45) is 5.16 Å². The summed E-state index contributed by atoms with van der Waals surface area (Å²) in [6.45, 7) is 2.21. The first-order chi connectivity index (χ1) is 7.99. The molecule has 0 atom stereocenters. The molecular formula is C11H12F3NO2. The number of hydrogen-bond donors (Lipinski definition) is 1. The molecule has 3 nitrogen and oxygen atoms in total. The molecule has 0 saturated heterocycles. The van der Waals surface area contributed by atoms with E-state index in [2.05, 4.69) is 5.16 Å². The first-order valence-corrected chi connectivity index (χ1v) is 5.00. The molecule has 0 aliphatic rings. The summed E-state index contributed by atoms with van der Waals surface area (Å²) in [5.74, 6) is 0.147. The minimum absolute atomic E-state index is 0.147. The molecule has 1 N–H and O–H groups in total. The average Bonchev–Trinajstić information content (AvgIpc) is 2.26. The first kappa shape index (κ1) is 13.3. The molecule has 17 heavy (non-hydrogen) atoms. The van der Waals surface area contributed by atoms with Gasteiger partial charge in [-0.1, -0.05) is 12.1 Å². The second-order valence-electron chi connectivity index (χ2n) is 3.34. The van der Waals surface area contributed by atoms with Gasteiger partial charge < -0.3 is 9.94 Å². The van der Waals surface area contributed by atoms with Crippen LogP contribution in [-0.2, 0) is 6.18 Å². The van der Waals surface area contributed by atoms with E-state index in [1.807, 2.05) is 6.92 Å². The van der Waals surface area contributed by atoms with E-state index in [0.29, 0.717) is 13.0 Å². The van der Waals surface area contributed by atoms with Crippen LogP contribution < -0.4 is 4.74 Å². The summed E-state index contributed by atoms with van der Waals surface area (Å²) in [6, 6.07) is 3.50. The van der Waals surface area contributed by atoms with Crippen LogP contribution in [0, 0.1) is 0 Å². The van der Waals surface area contributed by atoms with Gasteiger partial charge in [0.25, 0.3) is 0 Å². The fourth-order valence-corrected chi connectivity index (χ4v) is 1.27. The summed E-state index contributed by atoms with van der Waals surface area (Å²) in [6.07, 6.45) is -3.06. The molecule has 0 amide bonds. The second-order valence-corrected chi connectivity index (χ2v) is 3.34. The highest BCUT2D eigenvalue weighted by atomic mass is 19.4. The molecule has 1 aromatic carbocycles. The van der Waals surface area contributed by atoms with E-state index in [9.17, 15) is 13.2 Å². The van der Waals surface area contributed by atoms with E-state index in [1.54, 1.807) is 0 Å². The molecule has 0 aliphatic carbocycles. The van der Waals surface area contributed by atoms with E-state index in [4.69, 9.17) is 9.94 Å². The Bertz CT molecular complexity index is 402. The van der Waals surface area contributed by atoms with Crippen LogP contribution in [-0.4, -0.2) is 18.0 Å². The highest BCUT2D eigenvalue weighted by molar-refractivity contribution is 5.82. The smallest absolute Gasteiger partial charge is 0.417 e.